The molecular formula is C9H20OSi2. The van der Waals surface area contributed by atoms with E-state index in [1.165, 1.54) is 12.8 Å². The molecule has 0 saturated heterocycles. The molecule has 70 valence electrons. The summed E-state index contributed by atoms with van der Waals surface area (Å²) >= 11 is 0. The van der Waals surface area contributed by atoms with Crippen LogP contribution in [0.25, 0.3) is 0 Å². The molecule has 0 aromatic carbocycles. The van der Waals surface area contributed by atoms with Crippen molar-refractivity contribution in [3.63, 3.8) is 0 Å². The van der Waals surface area contributed by atoms with Gasteiger partial charge in [-0.05, 0) is 31.7 Å². The fourth-order valence-corrected chi connectivity index (χ4v) is 9.56. The van der Waals surface area contributed by atoms with Crippen LogP contribution in [0.1, 0.15) is 12.8 Å². The Kier molecular flexibility index (Phi) is 2.66. The molecule has 0 radical (unpaired) electrons. The van der Waals surface area contributed by atoms with E-state index in [9.17, 15) is 0 Å². The smallest absolute Gasteiger partial charge is 0.197 e. The van der Waals surface area contributed by atoms with E-state index in [1.54, 1.807) is 0 Å². The van der Waals surface area contributed by atoms with Crippen molar-refractivity contribution in [2.45, 2.75) is 44.6 Å². The van der Waals surface area contributed by atoms with Gasteiger partial charge in [0, 0.05) is 0 Å². The van der Waals surface area contributed by atoms with Crippen molar-refractivity contribution in [1.29, 1.82) is 0 Å². The molecule has 3 heteroatoms. The van der Waals surface area contributed by atoms with E-state index >= 15 is 0 Å². The molecule has 0 aromatic heterocycles. The fraction of sp³-hybridized carbons (Fsp3) is 0.778. The Bertz CT molecular complexity index is 183. The lowest BCUT2D eigenvalue weighted by Gasteiger charge is -2.31. The first-order valence-electron chi connectivity index (χ1n) is 4.71. The minimum Gasteiger partial charge on any atom is -0.452 e. The van der Waals surface area contributed by atoms with Crippen LogP contribution < -0.4 is 0 Å². The second-order valence-electron chi connectivity index (χ2n) is 4.79. The highest BCUT2D eigenvalue weighted by Gasteiger charge is 2.43. The predicted octanol–water partition coefficient (Wildman–Crippen LogP) is 3.30. The monoisotopic (exact) mass is 200 g/mol. The molecule has 1 nitrogen and oxygen atoms in total. The molecule has 0 heterocycles. The fourth-order valence-electron chi connectivity index (χ4n) is 1.58. The Morgan fingerprint density at radius 3 is 2.08 bits per heavy atom. The van der Waals surface area contributed by atoms with Gasteiger partial charge in [-0.1, -0.05) is 18.5 Å². The van der Waals surface area contributed by atoms with E-state index in [1.807, 2.05) is 5.70 Å². The van der Waals surface area contributed by atoms with Crippen LogP contribution in [0.4, 0.5) is 0 Å². The van der Waals surface area contributed by atoms with Gasteiger partial charge in [-0.25, -0.2) is 0 Å². The summed E-state index contributed by atoms with van der Waals surface area (Å²) in [5.74, 6) is 0. The van der Waals surface area contributed by atoms with Crippen molar-refractivity contribution in [3.8, 4) is 0 Å². The minimum absolute atomic E-state index is 0.934. The third-order valence-corrected chi connectivity index (χ3v) is 10.3. The van der Waals surface area contributed by atoms with E-state index in [2.05, 4.69) is 32.8 Å². The second-order valence-corrected chi connectivity index (χ2v) is 13.2. The van der Waals surface area contributed by atoms with Gasteiger partial charge < -0.3 is 4.12 Å². The quantitative estimate of drug-likeness (QED) is 0.633. The van der Waals surface area contributed by atoms with Crippen LogP contribution in [-0.4, -0.2) is 16.6 Å². The number of hydrogen-bond acceptors (Lipinski definition) is 1. The zero-order chi connectivity index (χ0) is 9.41. The Balaban J connectivity index is 2.53. The summed E-state index contributed by atoms with van der Waals surface area (Å²) < 4.78 is 6.26. The zero-order valence-electron chi connectivity index (χ0n) is 8.68. The molecule has 1 saturated carbocycles. The van der Waals surface area contributed by atoms with Gasteiger partial charge in [-0.2, -0.15) is 0 Å². The van der Waals surface area contributed by atoms with Crippen molar-refractivity contribution in [3.05, 3.63) is 12.3 Å². The van der Waals surface area contributed by atoms with Crippen molar-refractivity contribution >= 4 is 16.6 Å². The van der Waals surface area contributed by atoms with Gasteiger partial charge in [0.1, 0.15) is 0 Å². The molecular weight excluding hydrogens is 180 g/mol. The molecule has 1 fully saturated rings. The average molecular weight is 200 g/mol. The molecule has 1 rings (SSSR count). The van der Waals surface area contributed by atoms with Crippen molar-refractivity contribution in [1.82, 2.24) is 0 Å². The molecule has 0 aromatic rings. The van der Waals surface area contributed by atoms with Gasteiger partial charge in [-0.15, -0.1) is 6.58 Å². The van der Waals surface area contributed by atoms with Crippen molar-refractivity contribution in [2.24, 2.45) is 0 Å². The van der Waals surface area contributed by atoms with Gasteiger partial charge >= 0.3 is 0 Å². The van der Waals surface area contributed by atoms with Gasteiger partial charge in [0.15, 0.2) is 16.6 Å². The Hall–Kier alpha value is 0.134. The predicted molar refractivity (Wildman–Crippen MR) is 59.2 cm³/mol. The summed E-state index contributed by atoms with van der Waals surface area (Å²) in [4.78, 5) is 0. The van der Waals surface area contributed by atoms with Crippen LogP contribution in [0.15, 0.2) is 12.3 Å². The lowest BCUT2D eigenvalue weighted by molar-refractivity contribution is 0.552. The Labute approximate surface area is 78.1 Å². The third-order valence-electron chi connectivity index (χ3n) is 2.58. The lowest BCUT2D eigenvalue weighted by Crippen LogP contribution is -2.43. The summed E-state index contributed by atoms with van der Waals surface area (Å²) in [7, 11) is -2.85. The molecule has 1 aliphatic carbocycles. The largest absolute Gasteiger partial charge is 0.452 e. The highest BCUT2D eigenvalue weighted by Crippen LogP contribution is 2.46. The molecule has 1 aliphatic rings. The molecule has 0 atom stereocenters. The maximum atomic E-state index is 6.26. The zero-order valence-corrected chi connectivity index (χ0v) is 10.7. The molecule has 0 unspecified atom stereocenters. The lowest BCUT2D eigenvalue weighted by atomic mass is 11.0. The van der Waals surface area contributed by atoms with E-state index in [4.69, 9.17) is 4.12 Å². The van der Waals surface area contributed by atoms with Crippen LogP contribution in [-0.2, 0) is 4.12 Å². The van der Waals surface area contributed by atoms with Gasteiger partial charge in [0.2, 0.25) is 0 Å². The molecule has 12 heavy (non-hydrogen) atoms. The summed E-state index contributed by atoms with van der Waals surface area (Å²) in [5, 5.41) is 0. The van der Waals surface area contributed by atoms with E-state index in [-0.39, 0.29) is 0 Å². The first kappa shape index (κ1) is 10.2. The molecule has 0 N–H and O–H groups in total. The van der Waals surface area contributed by atoms with Crippen LogP contribution in [0, 0.1) is 0 Å². The SMILES string of the molecule is C=C[Si](C)(C)O[Si](C)(C)C1CC1. The van der Waals surface area contributed by atoms with Crippen LogP contribution in [0.3, 0.4) is 0 Å². The Morgan fingerprint density at radius 1 is 1.25 bits per heavy atom. The molecule has 0 aliphatic heterocycles. The number of hydrogen-bond donors (Lipinski definition) is 0. The van der Waals surface area contributed by atoms with E-state index < -0.39 is 16.6 Å². The number of rotatable bonds is 4. The Morgan fingerprint density at radius 2 is 1.75 bits per heavy atom. The van der Waals surface area contributed by atoms with E-state index in [0.29, 0.717) is 0 Å². The maximum Gasteiger partial charge on any atom is 0.197 e. The normalized spacial score (nSPS) is 19.3. The molecule has 0 bridgehead atoms. The summed E-state index contributed by atoms with van der Waals surface area (Å²) in [6.45, 7) is 13.0. The second kappa shape index (κ2) is 3.12. The van der Waals surface area contributed by atoms with Crippen LogP contribution in [0.5, 0.6) is 0 Å². The van der Waals surface area contributed by atoms with Gasteiger partial charge in [0.05, 0.1) is 0 Å². The summed E-state index contributed by atoms with van der Waals surface area (Å²) in [5.41, 5.74) is 2.98. The summed E-state index contributed by atoms with van der Waals surface area (Å²) in [6.07, 6.45) is 2.81. The van der Waals surface area contributed by atoms with Gasteiger partial charge in [0.25, 0.3) is 0 Å². The average Bonchev–Trinajstić information content (AvgIpc) is 2.65. The molecule has 0 amide bonds. The van der Waals surface area contributed by atoms with Gasteiger partial charge in [-0.3, -0.25) is 0 Å². The topological polar surface area (TPSA) is 9.23 Å². The first-order valence-corrected chi connectivity index (χ1v) is 10.7. The maximum absolute atomic E-state index is 6.26. The van der Waals surface area contributed by atoms with Crippen molar-refractivity contribution < 1.29 is 4.12 Å². The highest BCUT2D eigenvalue weighted by molar-refractivity contribution is 6.88. The summed E-state index contributed by atoms with van der Waals surface area (Å²) in [6, 6.07) is 0. The van der Waals surface area contributed by atoms with Crippen molar-refractivity contribution in [2.75, 3.05) is 0 Å². The first-order chi connectivity index (χ1) is 5.37. The van der Waals surface area contributed by atoms with E-state index in [0.717, 1.165) is 5.54 Å². The molecule has 0 spiro atoms. The highest BCUT2D eigenvalue weighted by atomic mass is 28.4. The van der Waals surface area contributed by atoms with Crippen LogP contribution in [0.2, 0.25) is 31.7 Å². The standard InChI is InChI=1S/C9H20OSi2/c1-6-11(2,3)10-12(4,5)9-7-8-9/h6,9H,1,7-8H2,2-5H3. The third kappa shape index (κ3) is 2.57. The minimum atomic E-state index is -1.51. The van der Waals surface area contributed by atoms with Crippen LogP contribution >= 0.6 is 0 Å².